The maximum Gasteiger partial charge on any atom is 0.0999 e. The molecule has 1 aromatic carbocycles. The van der Waals surface area contributed by atoms with Gasteiger partial charge in [0.15, 0.2) is 0 Å². The lowest BCUT2D eigenvalue weighted by Gasteiger charge is -2.36. The zero-order valence-electron chi connectivity index (χ0n) is 9.69. The van der Waals surface area contributed by atoms with Gasteiger partial charge in [0, 0.05) is 5.02 Å². The molecule has 3 heteroatoms. The Labute approximate surface area is 107 Å². The summed E-state index contributed by atoms with van der Waals surface area (Å²) in [7, 11) is 0. The van der Waals surface area contributed by atoms with Crippen molar-refractivity contribution in [1.29, 1.82) is 5.26 Å². The third-order valence-electron chi connectivity index (χ3n) is 3.59. The van der Waals surface area contributed by atoms with Crippen molar-refractivity contribution >= 4 is 11.6 Å². The van der Waals surface area contributed by atoms with Crippen LogP contribution in [-0.2, 0) is 0 Å². The lowest BCUT2D eigenvalue weighted by molar-refractivity contribution is -0.00713. The third kappa shape index (κ3) is 2.62. The Kier molecular flexibility index (Phi) is 3.71. The van der Waals surface area contributed by atoms with Crippen molar-refractivity contribution in [2.24, 2.45) is 0 Å². The number of hydrogen-bond donors (Lipinski definition) is 1. The second-order valence-corrected chi connectivity index (χ2v) is 5.21. The molecule has 1 aliphatic carbocycles. The molecule has 2 nitrogen and oxygen atoms in total. The van der Waals surface area contributed by atoms with E-state index >= 15 is 0 Å². The summed E-state index contributed by atoms with van der Waals surface area (Å²) in [6.07, 6.45) is 4.59. The van der Waals surface area contributed by atoms with Crippen molar-refractivity contribution < 1.29 is 5.11 Å². The minimum absolute atomic E-state index is 0.444. The van der Waals surface area contributed by atoms with Crippen LogP contribution >= 0.6 is 11.6 Å². The Morgan fingerprint density at radius 2 is 1.76 bits per heavy atom. The van der Waals surface area contributed by atoms with Gasteiger partial charge in [-0.1, -0.05) is 43.0 Å². The lowest BCUT2D eigenvalue weighted by Crippen LogP contribution is -2.37. The molecule has 0 aromatic heterocycles. The molecule has 0 heterocycles. The Morgan fingerprint density at radius 3 is 2.29 bits per heavy atom. The van der Waals surface area contributed by atoms with Crippen LogP contribution < -0.4 is 0 Å². The predicted molar refractivity (Wildman–Crippen MR) is 67.8 cm³/mol. The summed E-state index contributed by atoms with van der Waals surface area (Å²) < 4.78 is 0. The molecule has 0 aliphatic heterocycles. The molecule has 1 saturated carbocycles. The van der Waals surface area contributed by atoms with Gasteiger partial charge < -0.3 is 5.11 Å². The number of benzene rings is 1. The lowest BCUT2D eigenvalue weighted by atomic mass is 9.73. The highest BCUT2D eigenvalue weighted by atomic mass is 35.5. The van der Waals surface area contributed by atoms with Gasteiger partial charge in [-0.05, 0) is 30.5 Å². The minimum Gasteiger partial charge on any atom is -0.388 e. The van der Waals surface area contributed by atoms with Gasteiger partial charge in [-0.2, -0.15) is 5.26 Å². The Morgan fingerprint density at radius 1 is 1.18 bits per heavy atom. The third-order valence-corrected chi connectivity index (χ3v) is 3.84. The van der Waals surface area contributed by atoms with Crippen molar-refractivity contribution in [3.8, 4) is 6.07 Å². The van der Waals surface area contributed by atoms with E-state index in [0.29, 0.717) is 17.9 Å². The molecule has 1 unspecified atom stereocenters. The van der Waals surface area contributed by atoms with E-state index in [1.54, 1.807) is 12.1 Å². The standard InChI is InChI=1S/C14H16ClNO/c15-12-6-4-11(5-7-12)13(10-16)14(17)8-2-1-3-9-14/h4-7,13,17H,1-3,8-9H2. The van der Waals surface area contributed by atoms with Crippen molar-refractivity contribution in [2.75, 3.05) is 0 Å². The number of nitriles is 1. The first-order valence-electron chi connectivity index (χ1n) is 6.03. The Hall–Kier alpha value is -1.04. The average Bonchev–Trinajstić information content (AvgIpc) is 2.33. The van der Waals surface area contributed by atoms with E-state index in [0.717, 1.165) is 24.8 Å². The molecule has 1 N–H and O–H groups in total. The van der Waals surface area contributed by atoms with Crippen LogP contribution in [0.25, 0.3) is 0 Å². The molecule has 1 fully saturated rings. The van der Waals surface area contributed by atoms with E-state index < -0.39 is 11.5 Å². The molecule has 0 saturated heterocycles. The summed E-state index contributed by atoms with van der Waals surface area (Å²) in [5.41, 5.74) is 0.00203. The summed E-state index contributed by atoms with van der Waals surface area (Å²) in [5, 5.41) is 20.6. The number of halogens is 1. The summed E-state index contributed by atoms with van der Waals surface area (Å²) >= 11 is 5.83. The van der Waals surface area contributed by atoms with Gasteiger partial charge in [0.05, 0.1) is 17.6 Å². The number of aliphatic hydroxyl groups is 1. The van der Waals surface area contributed by atoms with Crippen molar-refractivity contribution in [3.05, 3.63) is 34.9 Å². The van der Waals surface area contributed by atoms with Crippen molar-refractivity contribution in [2.45, 2.75) is 43.6 Å². The summed E-state index contributed by atoms with van der Waals surface area (Å²) in [6, 6.07) is 9.47. The highest BCUT2D eigenvalue weighted by Gasteiger charge is 2.38. The molecule has 0 bridgehead atoms. The average molecular weight is 250 g/mol. The van der Waals surface area contributed by atoms with Crippen LogP contribution in [0.4, 0.5) is 0 Å². The molecule has 90 valence electrons. The van der Waals surface area contributed by atoms with E-state index in [1.807, 2.05) is 12.1 Å². The fraction of sp³-hybridized carbons (Fsp3) is 0.500. The zero-order valence-corrected chi connectivity index (χ0v) is 10.5. The SMILES string of the molecule is N#CC(c1ccc(Cl)cc1)C1(O)CCCCC1. The van der Waals surface area contributed by atoms with Crippen LogP contribution in [-0.4, -0.2) is 10.7 Å². The fourth-order valence-electron chi connectivity index (χ4n) is 2.61. The number of nitrogens with zero attached hydrogens (tertiary/aromatic N) is 1. The van der Waals surface area contributed by atoms with Crippen LogP contribution in [0.5, 0.6) is 0 Å². The molecule has 0 radical (unpaired) electrons. The van der Waals surface area contributed by atoms with Crippen molar-refractivity contribution in [1.82, 2.24) is 0 Å². The Balaban J connectivity index is 2.27. The van der Waals surface area contributed by atoms with Gasteiger partial charge in [0.25, 0.3) is 0 Å². The largest absolute Gasteiger partial charge is 0.388 e. The summed E-state index contributed by atoms with van der Waals surface area (Å²) in [6.45, 7) is 0. The van der Waals surface area contributed by atoms with Crippen LogP contribution in [0.2, 0.25) is 5.02 Å². The second kappa shape index (κ2) is 5.08. The monoisotopic (exact) mass is 249 g/mol. The summed E-state index contributed by atoms with van der Waals surface area (Å²) in [4.78, 5) is 0. The second-order valence-electron chi connectivity index (χ2n) is 4.78. The Bertz CT molecular complexity index is 415. The van der Waals surface area contributed by atoms with Gasteiger partial charge in [-0.15, -0.1) is 0 Å². The van der Waals surface area contributed by atoms with E-state index in [2.05, 4.69) is 6.07 Å². The van der Waals surface area contributed by atoms with Gasteiger partial charge in [0.1, 0.15) is 0 Å². The maximum absolute atomic E-state index is 10.6. The van der Waals surface area contributed by atoms with Crippen LogP contribution in [0.3, 0.4) is 0 Å². The smallest absolute Gasteiger partial charge is 0.0999 e. The van der Waals surface area contributed by atoms with E-state index in [1.165, 1.54) is 0 Å². The maximum atomic E-state index is 10.6. The minimum atomic E-state index is -0.860. The fourth-order valence-corrected chi connectivity index (χ4v) is 2.74. The molecule has 1 aromatic rings. The topological polar surface area (TPSA) is 44.0 Å². The number of hydrogen-bond acceptors (Lipinski definition) is 2. The van der Waals surface area contributed by atoms with Crippen LogP contribution in [0, 0.1) is 11.3 Å². The first-order valence-corrected chi connectivity index (χ1v) is 6.41. The van der Waals surface area contributed by atoms with Crippen molar-refractivity contribution in [3.63, 3.8) is 0 Å². The molecule has 0 spiro atoms. The molecule has 0 amide bonds. The van der Waals surface area contributed by atoms with Crippen LogP contribution in [0.15, 0.2) is 24.3 Å². The number of rotatable bonds is 2. The molecular weight excluding hydrogens is 234 g/mol. The van der Waals surface area contributed by atoms with E-state index in [-0.39, 0.29) is 0 Å². The molecule has 17 heavy (non-hydrogen) atoms. The first kappa shape index (κ1) is 12.4. The van der Waals surface area contributed by atoms with E-state index in [4.69, 9.17) is 11.6 Å². The normalized spacial score (nSPS) is 20.5. The molecular formula is C14H16ClNO. The molecule has 1 atom stereocenters. The van der Waals surface area contributed by atoms with Crippen LogP contribution in [0.1, 0.15) is 43.6 Å². The highest BCUT2D eigenvalue weighted by Crippen LogP contribution is 2.39. The van der Waals surface area contributed by atoms with Gasteiger partial charge in [-0.25, -0.2) is 0 Å². The molecule has 1 aliphatic rings. The highest BCUT2D eigenvalue weighted by molar-refractivity contribution is 6.30. The molecule has 2 rings (SSSR count). The van der Waals surface area contributed by atoms with Gasteiger partial charge in [0.2, 0.25) is 0 Å². The van der Waals surface area contributed by atoms with Gasteiger partial charge in [-0.3, -0.25) is 0 Å². The van der Waals surface area contributed by atoms with E-state index in [9.17, 15) is 10.4 Å². The zero-order chi connectivity index (χ0) is 12.3. The first-order chi connectivity index (χ1) is 8.15. The summed E-state index contributed by atoms with van der Waals surface area (Å²) in [5.74, 6) is -0.444. The predicted octanol–water partition coefficient (Wildman–Crippen LogP) is 3.64. The van der Waals surface area contributed by atoms with Gasteiger partial charge >= 0.3 is 0 Å². The quantitative estimate of drug-likeness (QED) is 0.870.